The summed E-state index contributed by atoms with van der Waals surface area (Å²) in [6, 6.07) is 11.3. The van der Waals surface area contributed by atoms with Crippen LogP contribution in [0.1, 0.15) is 21.6 Å². The molecule has 0 bridgehead atoms. The monoisotopic (exact) mass is 533 g/mol. The minimum atomic E-state index is -1.92. The largest absolute Gasteiger partial charge is 0.497 e. The zero-order chi connectivity index (χ0) is 27.0. The van der Waals surface area contributed by atoms with Crippen LogP contribution in [0.25, 0.3) is 10.9 Å². The molecule has 0 aliphatic carbocycles. The Hall–Kier alpha value is -3.48. The zero-order valence-corrected chi connectivity index (χ0v) is 20.5. The van der Waals surface area contributed by atoms with E-state index in [-0.39, 0.29) is 12.3 Å². The van der Waals surface area contributed by atoms with Gasteiger partial charge in [0.1, 0.15) is 24.1 Å². The molecule has 2 unspecified atom stereocenters. The van der Waals surface area contributed by atoms with Gasteiger partial charge in [-0.2, -0.15) is 0 Å². The second-order valence-electron chi connectivity index (χ2n) is 8.50. The predicted molar refractivity (Wildman–Crippen MR) is 129 cm³/mol. The Morgan fingerprint density at radius 2 is 1.70 bits per heavy atom. The van der Waals surface area contributed by atoms with Gasteiger partial charge in [-0.05, 0) is 55.0 Å². The summed E-state index contributed by atoms with van der Waals surface area (Å²) in [4.78, 5) is 37.6. The lowest BCUT2D eigenvalue weighted by Crippen LogP contribution is -2.60. The first kappa shape index (κ1) is 26.6. The Balaban J connectivity index is 1.67. The Morgan fingerprint density at radius 3 is 2.32 bits per heavy atom. The molecule has 1 aliphatic rings. The molecule has 0 radical (unpaired) electrons. The summed E-state index contributed by atoms with van der Waals surface area (Å²) in [5.74, 6) is -2.42. The van der Waals surface area contributed by atoms with E-state index in [0.29, 0.717) is 38.5 Å². The van der Waals surface area contributed by atoms with Crippen molar-refractivity contribution in [2.45, 2.75) is 44.1 Å². The zero-order valence-electron chi connectivity index (χ0n) is 19.7. The first-order valence-electron chi connectivity index (χ1n) is 11.1. The molecule has 1 aliphatic heterocycles. The molecule has 2 aromatic carbocycles. The third-order valence-corrected chi connectivity index (χ3v) is 6.47. The molecular formula is C25H24ClNO10. The van der Waals surface area contributed by atoms with E-state index in [1.165, 1.54) is 11.7 Å². The Morgan fingerprint density at radius 1 is 1.03 bits per heavy atom. The van der Waals surface area contributed by atoms with Gasteiger partial charge in [0.2, 0.25) is 6.29 Å². The van der Waals surface area contributed by atoms with Gasteiger partial charge in [0, 0.05) is 21.7 Å². The maximum atomic E-state index is 13.4. The summed E-state index contributed by atoms with van der Waals surface area (Å²) in [5, 5.41) is 40.1. The van der Waals surface area contributed by atoms with Crippen molar-refractivity contribution in [1.82, 2.24) is 4.57 Å². The summed E-state index contributed by atoms with van der Waals surface area (Å²) in [7, 11) is 1.47. The van der Waals surface area contributed by atoms with E-state index in [9.17, 15) is 34.8 Å². The maximum absolute atomic E-state index is 13.4. The molecule has 0 amide bonds. The molecule has 0 spiro atoms. The number of aliphatic carboxylic acids is 1. The molecule has 1 fully saturated rings. The fourth-order valence-electron chi connectivity index (χ4n) is 4.26. The van der Waals surface area contributed by atoms with Gasteiger partial charge in [0.05, 0.1) is 19.0 Å². The molecule has 196 valence electrons. The van der Waals surface area contributed by atoms with Crippen molar-refractivity contribution >= 4 is 40.3 Å². The first-order valence-corrected chi connectivity index (χ1v) is 11.5. The van der Waals surface area contributed by atoms with Crippen molar-refractivity contribution in [3.8, 4) is 5.75 Å². The van der Waals surface area contributed by atoms with Crippen LogP contribution in [-0.2, 0) is 25.5 Å². The van der Waals surface area contributed by atoms with E-state index in [1.54, 1.807) is 49.4 Å². The standard InChI is InChI=1S/C25H24ClNO10/c1-11-15(10-18(28)36-25-21(31)19(29)20(30)22(37-25)24(33)34)16-9-14(35-2)7-8-17(16)27(11)23(32)12-3-5-13(26)6-4-12/h3-9,19-22,25,29-31H,10H2,1-2H3,(H,33,34)/t19-,20+,21?,22?,25-/m1/s1. The minimum Gasteiger partial charge on any atom is -0.497 e. The molecule has 2 heterocycles. The summed E-state index contributed by atoms with van der Waals surface area (Å²) >= 11 is 5.94. The molecule has 11 nitrogen and oxygen atoms in total. The number of rotatable bonds is 6. The number of nitrogens with zero attached hydrogens (tertiary/aromatic N) is 1. The molecule has 12 heteroatoms. The lowest BCUT2D eigenvalue weighted by atomic mass is 9.99. The number of aliphatic hydroxyl groups excluding tert-OH is 3. The Kier molecular flexibility index (Phi) is 7.53. The van der Waals surface area contributed by atoms with Crippen LogP contribution in [0.2, 0.25) is 5.02 Å². The third-order valence-electron chi connectivity index (χ3n) is 6.22. The number of benzene rings is 2. The minimum absolute atomic E-state index is 0.361. The van der Waals surface area contributed by atoms with Crippen LogP contribution in [0.15, 0.2) is 42.5 Å². The highest BCUT2D eigenvalue weighted by molar-refractivity contribution is 6.30. The molecule has 4 N–H and O–H groups in total. The van der Waals surface area contributed by atoms with Gasteiger partial charge >= 0.3 is 11.9 Å². The van der Waals surface area contributed by atoms with Crippen LogP contribution in [0.4, 0.5) is 0 Å². The van der Waals surface area contributed by atoms with Crippen LogP contribution in [0.3, 0.4) is 0 Å². The number of halogens is 1. The molecule has 4 rings (SSSR count). The third kappa shape index (κ3) is 5.04. The van der Waals surface area contributed by atoms with Gasteiger partial charge in [-0.3, -0.25) is 14.2 Å². The number of fused-ring (bicyclic) bond motifs is 1. The van der Waals surface area contributed by atoms with E-state index >= 15 is 0 Å². The number of hydrogen-bond donors (Lipinski definition) is 4. The van der Waals surface area contributed by atoms with Gasteiger partial charge in [0.15, 0.2) is 6.10 Å². The molecule has 1 aromatic heterocycles. The van der Waals surface area contributed by atoms with Crippen LogP contribution < -0.4 is 4.74 Å². The van der Waals surface area contributed by atoms with E-state index in [0.717, 1.165) is 0 Å². The number of methoxy groups -OCH3 is 1. The van der Waals surface area contributed by atoms with Gasteiger partial charge in [-0.15, -0.1) is 0 Å². The molecule has 5 atom stereocenters. The lowest BCUT2D eigenvalue weighted by molar-refractivity contribution is -0.286. The van der Waals surface area contributed by atoms with E-state index in [2.05, 4.69) is 0 Å². The molecule has 0 saturated carbocycles. The topological polar surface area (TPSA) is 165 Å². The average molecular weight is 534 g/mol. The number of aromatic nitrogens is 1. The second-order valence-corrected chi connectivity index (χ2v) is 8.93. The molecular weight excluding hydrogens is 510 g/mol. The lowest BCUT2D eigenvalue weighted by Gasteiger charge is -2.37. The highest BCUT2D eigenvalue weighted by Gasteiger charge is 2.48. The van der Waals surface area contributed by atoms with E-state index in [4.69, 9.17) is 25.8 Å². The van der Waals surface area contributed by atoms with Gasteiger partial charge in [-0.25, -0.2) is 4.79 Å². The molecule has 1 saturated heterocycles. The predicted octanol–water partition coefficient (Wildman–Crippen LogP) is 1.28. The highest BCUT2D eigenvalue weighted by Crippen LogP contribution is 2.31. The summed E-state index contributed by atoms with van der Waals surface area (Å²) < 4.78 is 16.9. The fraction of sp³-hybridized carbons (Fsp3) is 0.320. The quantitative estimate of drug-likeness (QED) is 0.339. The smallest absolute Gasteiger partial charge is 0.335 e. The van der Waals surface area contributed by atoms with Crippen molar-refractivity contribution in [2.24, 2.45) is 0 Å². The molecule has 3 aromatic rings. The van der Waals surface area contributed by atoms with Gasteiger partial charge in [0.25, 0.3) is 5.91 Å². The maximum Gasteiger partial charge on any atom is 0.335 e. The number of aliphatic hydroxyl groups is 3. The van der Waals surface area contributed by atoms with Crippen LogP contribution in [0.5, 0.6) is 5.75 Å². The first-order chi connectivity index (χ1) is 17.5. The number of esters is 1. The number of carboxylic acids is 1. The van der Waals surface area contributed by atoms with Crippen molar-refractivity contribution in [3.05, 3.63) is 64.3 Å². The fourth-order valence-corrected chi connectivity index (χ4v) is 4.39. The van der Waals surface area contributed by atoms with Gasteiger partial charge < -0.3 is 34.6 Å². The van der Waals surface area contributed by atoms with Crippen molar-refractivity contribution in [1.29, 1.82) is 0 Å². The van der Waals surface area contributed by atoms with Crippen molar-refractivity contribution in [2.75, 3.05) is 7.11 Å². The summed E-state index contributed by atoms with van der Waals surface area (Å²) in [6.07, 6.45) is -9.87. The number of carbonyl (C=O) groups is 3. The normalized spacial score (nSPS) is 23.6. The van der Waals surface area contributed by atoms with E-state index in [1.807, 2.05) is 0 Å². The average Bonchev–Trinajstić information content (AvgIpc) is 3.14. The number of ether oxygens (including phenoxy) is 3. The SMILES string of the molecule is COc1ccc2c(c1)c(CC(=O)O[C@@H]1OC(C(=O)O)[C@@H](O)[C@@H](O)C1O)c(C)n2C(=O)c1ccc(Cl)cc1. The van der Waals surface area contributed by atoms with Crippen LogP contribution >= 0.6 is 11.6 Å². The number of carboxylic acid groups (broad SMARTS) is 1. The number of hydrogen-bond acceptors (Lipinski definition) is 9. The van der Waals surface area contributed by atoms with Crippen LogP contribution in [0, 0.1) is 6.92 Å². The summed E-state index contributed by atoms with van der Waals surface area (Å²) in [6.45, 7) is 1.65. The highest BCUT2D eigenvalue weighted by atomic mass is 35.5. The van der Waals surface area contributed by atoms with E-state index < -0.39 is 42.6 Å². The van der Waals surface area contributed by atoms with Crippen molar-refractivity contribution < 1.29 is 49.0 Å². The number of carbonyl (C=O) groups excluding carboxylic acids is 2. The Bertz CT molecular complexity index is 1350. The van der Waals surface area contributed by atoms with Gasteiger partial charge in [-0.1, -0.05) is 11.6 Å². The summed E-state index contributed by atoms with van der Waals surface area (Å²) in [5.41, 5.74) is 1.71. The second kappa shape index (κ2) is 10.5. The van der Waals surface area contributed by atoms with Crippen LogP contribution in [-0.4, -0.2) is 80.7 Å². The molecule has 37 heavy (non-hydrogen) atoms. The Labute approximate surface area is 215 Å². The van der Waals surface area contributed by atoms with Crippen molar-refractivity contribution in [3.63, 3.8) is 0 Å².